The average Bonchev–Trinajstić information content (AvgIpc) is 3.01. The molecule has 0 aromatic carbocycles. The molecule has 1 N–H and O–H groups in total. The zero-order chi connectivity index (χ0) is 10.7. The van der Waals surface area contributed by atoms with E-state index in [0.717, 1.165) is 18.5 Å². The standard InChI is InChI=1S/C11H16N2O2/c1-2-15-11-6-9(12-7-13-11)5-10(14)8-3-4-8/h6-8,10,14H,2-5H2,1H3. The maximum atomic E-state index is 9.76. The zero-order valence-electron chi connectivity index (χ0n) is 8.89. The molecule has 2 rings (SSSR count). The fourth-order valence-electron chi connectivity index (χ4n) is 1.58. The van der Waals surface area contributed by atoms with Gasteiger partial charge < -0.3 is 9.84 Å². The Morgan fingerprint density at radius 3 is 3.00 bits per heavy atom. The summed E-state index contributed by atoms with van der Waals surface area (Å²) in [6, 6.07) is 1.80. The third kappa shape index (κ3) is 2.89. The number of hydrogen-bond donors (Lipinski definition) is 1. The number of hydrogen-bond acceptors (Lipinski definition) is 4. The average molecular weight is 208 g/mol. The number of nitrogens with zero attached hydrogens (tertiary/aromatic N) is 2. The van der Waals surface area contributed by atoms with Gasteiger partial charge in [0.1, 0.15) is 6.33 Å². The lowest BCUT2D eigenvalue weighted by Crippen LogP contribution is -2.14. The van der Waals surface area contributed by atoms with Crippen molar-refractivity contribution in [3.8, 4) is 5.88 Å². The smallest absolute Gasteiger partial charge is 0.216 e. The lowest BCUT2D eigenvalue weighted by molar-refractivity contribution is 0.150. The van der Waals surface area contributed by atoms with Crippen LogP contribution in [0.15, 0.2) is 12.4 Å². The highest BCUT2D eigenvalue weighted by Crippen LogP contribution is 2.33. The molecule has 0 spiro atoms. The van der Waals surface area contributed by atoms with Crippen LogP contribution in [0.3, 0.4) is 0 Å². The summed E-state index contributed by atoms with van der Waals surface area (Å²) in [4.78, 5) is 8.10. The molecule has 0 bridgehead atoms. The Hall–Kier alpha value is -1.16. The molecule has 15 heavy (non-hydrogen) atoms. The monoisotopic (exact) mass is 208 g/mol. The maximum Gasteiger partial charge on any atom is 0.216 e. The third-order valence-electron chi connectivity index (χ3n) is 2.58. The molecule has 1 fully saturated rings. The van der Waals surface area contributed by atoms with Crippen LogP contribution in [0.2, 0.25) is 0 Å². The maximum absolute atomic E-state index is 9.76. The van der Waals surface area contributed by atoms with Crippen LogP contribution in [0.5, 0.6) is 5.88 Å². The summed E-state index contributed by atoms with van der Waals surface area (Å²) in [5.41, 5.74) is 0.854. The van der Waals surface area contributed by atoms with Crippen LogP contribution in [-0.2, 0) is 6.42 Å². The van der Waals surface area contributed by atoms with E-state index in [1.807, 2.05) is 6.92 Å². The zero-order valence-corrected chi connectivity index (χ0v) is 8.89. The Morgan fingerprint density at radius 2 is 2.33 bits per heavy atom. The summed E-state index contributed by atoms with van der Waals surface area (Å²) in [6.45, 7) is 2.52. The van der Waals surface area contributed by atoms with Crippen molar-refractivity contribution in [3.05, 3.63) is 18.1 Å². The molecule has 1 aliphatic carbocycles. The van der Waals surface area contributed by atoms with Crippen LogP contribution >= 0.6 is 0 Å². The van der Waals surface area contributed by atoms with Gasteiger partial charge in [0.05, 0.1) is 18.4 Å². The summed E-state index contributed by atoms with van der Waals surface area (Å²) in [5, 5.41) is 9.76. The van der Waals surface area contributed by atoms with Gasteiger partial charge in [0.2, 0.25) is 5.88 Å². The SMILES string of the molecule is CCOc1cc(CC(O)C2CC2)ncn1. The second kappa shape index (κ2) is 4.57. The molecule has 1 aromatic heterocycles. The Labute approximate surface area is 89.3 Å². The van der Waals surface area contributed by atoms with Crippen LogP contribution in [0.25, 0.3) is 0 Å². The minimum Gasteiger partial charge on any atom is -0.478 e. The minimum atomic E-state index is -0.255. The van der Waals surface area contributed by atoms with Gasteiger partial charge in [-0.3, -0.25) is 0 Å². The molecule has 1 aromatic rings. The normalized spacial score (nSPS) is 17.5. The van der Waals surface area contributed by atoms with Crippen LogP contribution in [-0.4, -0.2) is 27.8 Å². The Balaban J connectivity index is 1.97. The van der Waals surface area contributed by atoms with E-state index in [2.05, 4.69) is 9.97 Å². The molecule has 0 radical (unpaired) electrons. The summed E-state index contributed by atoms with van der Waals surface area (Å²) in [5.74, 6) is 1.07. The molecule has 1 unspecified atom stereocenters. The Bertz CT molecular complexity index is 326. The molecular formula is C11H16N2O2. The van der Waals surface area contributed by atoms with E-state index in [0.29, 0.717) is 24.8 Å². The van der Waals surface area contributed by atoms with E-state index in [4.69, 9.17) is 4.74 Å². The first-order valence-electron chi connectivity index (χ1n) is 5.41. The van der Waals surface area contributed by atoms with Crippen molar-refractivity contribution < 1.29 is 9.84 Å². The van der Waals surface area contributed by atoms with E-state index >= 15 is 0 Å². The molecule has 0 aliphatic heterocycles. The van der Waals surface area contributed by atoms with Gasteiger partial charge in [-0.1, -0.05) is 0 Å². The van der Waals surface area contributed by atoms with Crippen LogP contribution < -0.4 is 4.74 Å². The van der Waals surface area contributed by atoms with E-state index in [1.54, 1.807) is 6.07 Å². The molecule has 1 saturated carbocycles. The van der Waals surface area contributed by atoms with E-state index in [-0.39, 0.29) is 6.10 Å². The summed E-state index contributed by atoms with van der Waals surface area (Å²) in [6.07, 6.45) is 4.12. The predicted molar refractivity (Wildman–Crippen MR) is 55.6 cm³/mol. The third-order valence-corrected chi connectivity index (χ3v) is 2.58. The van der Waals surface area contributed by atoms with Crippen molar-refractivity contribution in [1.29, 1.82) is 0 Å². The number of rotatable bonds is 5. The highest BCUT2D eigenvalue weighted by molar-refractivity contribution is 5.14. The molecule has 4 heteroatoms. The van der Waals surface area contributed by atoms with E-state index < -0.39 is 0 Å². The number of ether oxygens (including phenoxy) is 1. The van der Waals surface area contributed by atoms with Crippen LogP contribution in [0, 0.1) is 5.92 Å². The second-order valence-corrected chi connectivity index (χ2v) is 3.89. The predicted octanol–water partition coefficient (Wildman–Crippen LogP) is 1.19. The largest absolute Gasteiger partial charge is 0.478 e. The topological polar surface area (TPSA) is 55.2 Å². The molecule has 0 amide bonds. The van der Waals surface area contributed by atoms with Gasteiger partial charge in [-0.15, -0.1) is 0 Å². The van der Waals surface area contributed by atoms with Crippen molar-refractivity contribution in [3.63, 3.8) is 0 Å². The lowest BCUT2D eigenvalue weighted by atomic mass is 10.1. The lowest BCUT2D eigenvalue weighted by Gasteiger charge is -2.08. The molecule has 1 heterocycles. The van der Waals surface area contributed by atoms with Gasteiger partial charge in [-0.25, -0.2) is 9.97 Å². The summed E-state index contributed by atoms with van der Waals surface area (Å²) < 4.78 is 5.27. The van der Waals surface area contributed by atoms with Crippen LogP contribution in [0.4, 0.5) is 0 Å². The molecule has 82 valence electrons. The Kier molecular flexibility index (Phi) is 3.16. The summed E-state index contributed by atoms with van der Waals surface area (Å²) >= 11 is 0. The molecular weight excluding hydrogens is 192 g/mol. The van der Waals surface area contributed by atoms with Gasteiger partial charge in [0.15, 0.2) is 0 Å². The van der Waals surface area contributed by atoms with E-state index in [1.165, 1.54) is 6.33 Å². The molecule has 1 aliphatic rings. The summed E-state index contributed by atoms with van der Waals surface area (Å²) in [7, 11) is 0. The first-order valence-corrected chi connectivity index (χ1v) is 5.41. The highest BCUT2D eigenvalue weighted by Gasteiger charge is 2.29. The number of aliphatic hydroxyl groups is 1. The molecule has 4 nitrogen and oxygen atoms in total. The Morgan fingerprint density at radius 1 is 1.53 bits per heavy atom. The minimum absolute atomic E-state index is 0.255. The first-order chi connectivity index (χ1) is 7.29. The van der Waals surface area contributed by atoms with Crippen LogP contribution in [0.1, 0.15) is 25.5 Å². The van der Waals surface area contributed by atoms with Crippen molar-refractivity contribution in [2.75, 3.05) is 6.61 Å². The number of aromatic nitrogens is 2. The van der Waals surface area contributed by atoms with Gasteiger partial charge in [-0.2, -0.15) is 0 Å². The van der Waals surface area contributed by atoms with Crippen molar-refractivity contribution >= 4 is 0 Å². The number of aliphatic hydroxyl groups excluding tert-OH is 1. The van der Waals surface area contributed by atoms with Gasteiger partial charge in [0, 0.05) is 12.5 Å². The van der Waals surface area contributed by atoms with Crippen molar-refractivity contribution in [1.82, 2.24) is 9.97 Å². The van der Waals surface area contributed by atoms with Gasteiger partial charge >= 0.3 is 0 Å². The van der Waals surface area contributed by atoms with Gasteiger partial charge in [0.25, 0.3) is 0 Å². The van der Waals surface area contributed by atoms with Crippen molar-refractivity contribution in [2.45, 2.75) is 32.3 Å². The van der Waals surface area contributed by atoms with E-state index in [9.17, 15) is 5.11 Å². The molecule has 1 atom stereocenters. The molecule has 0 saturated heterocycles. The fourth-order valence-corrected chi connectivity index (χ4v) is 1.58. The van der Waals surface area contributed by atoms with Crippen molar-refractivity contribution in [2.24, 2.45) is 5.92 Å². The van der Waals surface area contributed by atoms with Gasteiger partial charge in [-0.05, 0) is 25.7 Å². The quantitative estimate of drug-likeness (QED) is 0.789. The second-order valence-electron chi connectivity index (χ2n) is 3.89. The fraction of sp³-hybridized carbons (Fsp3) is 0.636. The highest BCUT2D eigenvalue weighted by atomic mass is 16.5. The first kappa shape index (κ1) is 10.4.